The number of ether oxygens (including phenoxy) is 2. The van der Waals surface area contributed by atoms with Crippen molar-refractivity contribution in [2.45, 2.75) is 63.8 Å². The van der Waals surface area contributed by atoms with E-state index in [9.17, 15) is 4.79 Å². The van der Waals surface area contributed by atoms with Crippen molar-refractivity contribution >= 4 is 6.09 Å². The minimum absolute atomic E-state index is 0.101. The highest BCUT2D eigenvalue weighted by Gasteiger charge is 2.42. The Morgan fingerprint density at radius 3 is 2.65 bits per heavy atom. The van der Waals surface area contributed by atoms with E-state index in [0.717, 1.165) is 5.92 Å². The molecule has 4 heteroatoms. The smallest absolute Gasteiger partial charge is 0.410 e. The van der Waals surface area contributed by atoms with Crippen LogP contribution in [0.3, 0.4) is 0 Å². The lowest BCUT2D eigenvalue weighted by Gasteiger charge is -2.29. The summed E-state index contributed by atoms with van der Waals surface area (Å²) in [6.45, 7) is 7.73. The van der Waals surface area contributed by atoms with E-state index in [0.29, 0.717) is 19.7 Å². The maximum atomic E-state index is 12.3. The number of likely N-dealkylation sites (tertiary alicyclic amines) is 1. The van der Waals surface area contributed by atoms with Crippen LogP contribution in [0.2, 0.25) is 0 Å². The summed E-state index contributed by atoms with van der Waals surface area (Å²) in [6.07, 6.45) is 2.48. The zero-order valence-electron chi connectivity index (χ0n) is 14.2. The average Bonchev–Trinajstić information content (AvgIpc) is 3.22. The lowest BCUT2D eigenvalue weighted by atomic mass is 9.86. The van der Waals surface area contributed by atoms with Crippen LogP contribution in [0.4, 0.5) is 4.79 Å². The van der Waals surface area contributed by atoms with Crippen LogP contribution in [0.1, 0.15) is 62.1 Å². The maximum Gasteiger partial charge on any atom is 0.410 e. The molecule has 1 aromatic carbocycles. The van der Waals surface area contributed by atoms with Gasteiger partial charge < -0.3 is 14.4 Å². The van der Waals surface area contributed by atoms with Crippen molar-refractivity contribution in [2.75, 3.05) is 13.1 Å². The van der Waals surface area contributed by atoms with E-state index in [1.54, 1.807) is 4.90 Å². The van der Waals surface area contributed by atoms with Crippen molar-refractivity contribution in [3.8, 4) is 0 Å². The van der Waals surface area contributed by atoms with Crippen LogP contribution in [0, 0.1) is 0 Å². The Morgan fingerprint density at radius 1 is 1.22 bits per heavy atom. The van der Waals surface area contributed by atoms with Gasteiger partial charge in [0.25, 0.3) is 0 Å². The molecule has 0 radical (unpaired) electrons. The first-order valence-corrected chi connectivity index (χ1v) is 8.63. The van der Waals surface area contributed by atoms with Crippen molar-refractivity contribution in [2.24, 2.45) is 0 Å². The van der Waals surface area contributed by atoms with Gasteiger partial charge >= 0.3 is 6.09 Å². The summed E-state index contributed by atoms with van der Waals surface area (Å²) in [5.74, 6) is 1.01. The van der Waals surface area contributed by atoms with Crippen LogP contribution in [0.25, 0.3) is 0 Å². The standard InChI is InChI=1S/C19H25NO3/c1-19(2,3)23-18(21)20-9-15-14-6-4-5-13(12-7-8-12)16(14)11-22-17(15)10-20/h4-6,12,15,17H,7-11H2,1-3H3/t15-,17-/m0/s1. The predicted octanol–water partition coefficient (Wildman–Crippen LogP) is 3.80. The average molecular weight is 315 g/mol. The van der Waals surface area contributed by atoms with Gasteiger partial charge in [-0.05, 0) is 56.2 Å². The Hall–Kier alpha value is -1.55. The van der Waals surface area contributed by atoms with Crippen LogP contribution in [0.5, 0.6) is 0 Å². The molecule has 0 aromatic heterocycles. The SMILES string of the molecule is CC(C)(C)OC(=O)N1C[C@@H]2OCc3c(C4CC4)cccc3[C@@H]2C1. The minimum Gasteiger partial charge on any atom is -0.444 e. The van der Waals surface area contributed by atoms with E-state index >= 15 is 0 Å². The van der Waals surface area contributed by atoms with E-state index in [2.05, 4.69) is 18.2 Å². The first-order chi connectivity index (χ1) is 10.9. The van der Waals surface area contributed by atoms with Crippen LogP contribution >= 0.6 is 0 Å². The normalized spacial score (nSPS) is 26.7. The number of hydrogen-bond acceptors (Lipinski definition) is 3. The number of carbonyl (C=O) groups excluding carboxylic acids is 1. The summed E-state index contributed by atoms with van der Waals surface area (Å²) in [7, 11) is 0. The molecule has 1 saturated carbocycles. The third kappa shape index (κ3) is 2.85. The fourth-order valence-corrected chi connectivity index (χ4v) is 3.82. The molecule has 2 atom stereocenters. The minimum atomic E-state index is -0.456. The fourth-order valence-electron chi connectivity index (χ4n) is 3.82. The molecule has 1 aliphatic carbocycles. The highest BCUT2D eigenvalue weighted by molar-refractivity contribution is 5.69. The molecule has 2 heterocycles. The number of nitrogens with zero attached hydrogens (tertiary/aromatic N) is 1. The van der Waals surface area contributed by atoms with Gasteiger partial charge in [0.1, 0.15) is 5.60 Å². The van der Waals surface area contributed by atoms with Gasteiger partial charge in [-0.1, -0.05) is 18.2 Å². The number of benzene rings is 1. The van der Waals surface area contributed by atoms with Crippen LogP contribution in [-0.2, 0) is 16.1 Å². The summed E-state index contributed by atoms with van der Waals surface area (Å²) in [5.41, 5.74) is 3.78. The van der Waals surface area contributed by atoms with Crippen molar-refractivity contribution < 1.29 is 14.3 Å². The molecule has 1 amide bonds. The molecule has 4 rings (SSSR count). The number of rotatable bonds is 1. The first kappa shape index (κ1) is 15.0. The van der Waals surface area contributed by atoms with Crippen LogP contribution in [0.15, 0.2) is 18.2 Å². The quantitative estimate of drug-likeness (QED) is 0.791. The summed E-state index contributed by atoms with van der Waals surface area (Å²) < 4.78 is 11.6. The zero-order valence-corrected chi connectivity index (χ0v) is 14.2. The molecule has 0 spiro atoms. The third-order valence-electron chi connectivity index (χ3n) is 5.02. The molecule has 2 aliphatic heterocycles. The topological polar surface area (TPSA) is 38.8 Å². The predicted molar refractivity (Wildman–Crippen MR) is 87.5 cm³/mol. The number of carbonyl (C=O) groups is 1. The van der Waals surface area contributed by atoms with E-state index in [-0.39, 0.29) is 18.1 Å². The molecule has 23 heavy (non-hydrogen) atoms. The molecule has 0 N–H and O–H groups in total. The van der Waals surface area contributed by atoms with Gasteiger partial charge in [-0.2, -0.15) is 0 Å². The second-order valence-corrected chi connectivity index (χ2v) is 8.03. The Kier molecular flexibility index (Phi) is 3.41. The Labute approximate surface area is 137 Å². The van der Waals surface area contributed by atoms with Crippen molar-refractivity contribution in [3.63, 3.8) is 0 Å². The zero-order chi connectivity index (χ0) is 16.2. The molecule has 0 bridgehead atoms. The highest BCUT2D eigenvalue weighted by Crippen LogP contribution is 2.46. The van der Waals surface area contributed by atoms with E-state index in [1.807, 2.05) is 20.8 Å². The molecule has 2 fully saturated rings. The molecule has 0 unspecified atom stereocenters. The molecule has 4 nitrogen and oxygen atoms in total. The van der Waals surface area contributed by atoms with E-state index < -0.39 is 5.60 Å². The van der Waals surface area contributed by atoms with Crippen molar-refractivity contribution in [1.29, 1.82) is 0 Å². The molecular formula is C19H25NO3. The van der Waals surface area contributed by atoms with Crippen LogP contribution in [-0.4, -0.2) is 35.8 Å². The fraction of sp³-hybridized carbons (Fsp3) is 0.632. The summed E-state index contributed by atoms with van der Waals surface area (Å²) in [6, 6.07) is 6.64. The van der Waals surface area contributed by atoms with Crippen molar-refractivity contribution in [3.05, 3.63) is 34.9 Å². The van der Waals surface area contributed by atoms with E-state index in [4.69, 9.17) is 9.47 Å². The molecule has 3 aliphatic rings. The molecule has 124 valence electrons. The largest absolute Gasteiger partial charge is 0.444 e. The number of amides is 1. The van der Waals surface area contributed by atoms with Gasteiger partial charge in [0.2, 0.25) is 0 Å². The van der Waals surface area contributed by atoms with Gasteiger partial charge in [0.15, 0.2) is 0 Å². The summed E-state index contributed by atoms with van der Waals surface area (Å²) in [5, 5.41) is 0. The monoisotopic (exact) mass is 315 g/mol. The maximum absolute atomic E-state index is 12.3. The molecule has 1 aromatic rings. The van der Waals surface area contributed by atoms with Gasteiger partial charge in [-0.3, -0.25) is 0 Å². The number of hydrogen-bond donors (Lipinski definition) is 0. The second-order valence-electron chi connectivity index (χ2n) is 8.03. The Bertz CT molecular complexity index is 630. The highest BCUT2D eigenvalue weighted by atomic mass is 16.6. The number of fused-ring (bicyclic) bond motifs is 3. The summed E-state index contributed by atoms with van der Waals surface area (Å²) >= 11 is 0. The van der Waals surface area contributed by atoms with Crippen molar-refractivity contribution in [1.82, 2.24) is 4.90 Å². The van der Waals surface area contributed by atoms with Gasteiger partial charge in [0.05, 0.1) is 19.3 Å². The lowest BCUT2D eigenvalue weighted by Crippen LogP contribution is -2.36. The third-order valence-corrected chi connectivity index (χ3v) is 5.02. The molecule has 1 saturated heterocycles. The molecular weight excluding hydrogens is 290 g/mol. The van der Waals surface area contributed by atoms with Gasteiger partial charge in [0, 0.05) is 12.5 Å². The summed E-state index contributed by atoms with van der Waals surface area (Å²) in [4.78, 5) is 14.2. The van der Waals surface area contributed by atoms with E-state index in [1.165, 1.54) is 29.5 Å². The van der Waals surface area contributed by atoms with Crippen LogP contribution < -0.4 is 0 Å². The lowest BCUT2D eigenvalue weighted by molar-refractivity contribution is 0.0124. The first-order valence-electron chi connectivity index (χ1n) is 8.63. The van der Waals surface area contributed by atoms with Gasteiger partial charge in [-0.25, -0.2) is 4.79 Å². The van der Waals surface area contributed by atoms with Gasteiger partial charge in [-0.15, -0.1) is 0 Å². The Balaban J connectivity index is 1.56. The Morgan fingerprint density at radius 2 is 1.96 bits per heavy atom. The second kappa shape index (κ2) is 5.23.